The second kappa shape index (κ2) is 9.35. The zero-order chi connectivity index (χ0) is 16.0. The first-order chi connectivity index (χ1) is 9.72. The summed E-state index contributed by atoms with van der Waals surface area (Å²) in [6.45, 7) is 0.300. The van der Waals surface area contributed by atoms with Crippen LogP contribution in [-0.4, -0.2) is 47.6 Å². The molecule has 0 saturated heterocycles. The van der Waals surface area contributed by atoms with Gasteiger partial charge >= 0.3 is 29.6 Å². The number of phosphoric acid groups is 1. The molecule has 0 unspecified atom stereocenters. The van der Waals surface area contributed by atoms with Crippen molar-refractivity contribution in [2.45, 2.75) is 6.73 Å². The first kappa shape index (κ1) is 21.2. The Morgan fingerprint density at radius 2 is 2.09 bits per heavy atom. The van der Waals surface area contributed by atoms with Crippen LogP contribution in [0.4, 0.5) is 5.95 Å². The molecule has 14 heteroatoms. The maximum atomic E-state index is 11.4. The van der Waals surface area contributed by atoms with Gasteiger partial charge in [0.25, 0.3) is 13.4 Å². The van der Waals surface area contributed by atoms with E-state index in [2.05, 4.69) is 15.0 Å². The van der Waals surface area contributed by atoms with Crippen LogP contribution >= 0.6 is 7.82 Å². The Balaban J connectivity index is 0.000000644. The number of nitrogen functional groups attached to an aromatic ring is 1. The minimum absolute atomic E-state index is 0. The van der Waals surface area contributed by atoms with Gasteiger partial charge in [0.1, 0.15) is 6.73 Å². The van der Waals surface area contributed by atoms with E-state index in [1.165, 1.54) is 10.9 Å². The average molecular weight is 345 g/mol. The number of fused-ring (bicyclic) bond motifs is 1. The number of ether oxygens (including phenoxy) is 1. The Kier molecular flexibility index (Phi) is 9.00. The summed E-state index contributed by atoms with van der Waals surface area (Å²) in [5.74, 6) is 0.0291. The van der Waals surface area contributed by atoms with Gasteiger partial charge in [-0.25, -0.2) is 4.98 Å². The third-order valence-corrected chi connectivity index (χ3v) is 1.96. The van der Waals surface area contributed by atoms with Crippen molar-refractivity contribution in [2.75, 3.05) is 18.9 Å². The standard InChI is InChI=1S/C8H11N5O3.Na.H3O4P/c9-8-11-6-5(7(15)12-8)10-3-13(6)4-16-2-1-14;;1-5(2,3)4/h3,14H,1-2,4H2,(H3,9,11,12,15);;(H3,1,2,3,4)/q;+1;/p-1. The molecule has 0 amide bonds. The minimum Gasteiger partial charge on any atom is -0.756 e. The van der Waals surface area contributed by atoms with Crippen molar-refractivity contribution in [1.29, 1.82) is 0 Å². The fraction of sp³-hybridized carbons (Fsp3) is 0.375. The van der Waals surface area contributed by atoms with Gasteiger partial charge in [0, 0.05) is 0 Å². The molecule has 0 radical (unpaired) electrons. The number of H-pyrrole nitrogens is 1. The summed E-state index contributed by atoms with van der Waals surface area (Å²) in [7, 11) is -4.89. The van der Waals surface area contributed by atoms with E-state index in [-0.39, 0.29) is 66.5 Å². The second-order valence-electron chi connectivity index (χ2n) is 3.59. The van der Waals surface area contributed by atoms with Crippen molar-refractivity contribution >= 4 is 24.9 Å². The molecule has 2 rings (SSSR count). The molecule has 6 N–H and O–H groups in total. The molecule has 2 aromatic heterocycles. The molecule has 0 spiro atoms. The van der Waals surface area contributed by atoms with E-state index < -0.39 is 7.82 Å². The molecule has 0 atom stereocenters. The SMILES string of the molecule is Nc1nc2c(ncn2COCCO)c(=O)[nH]1.O=P([O-])(O)O.[Na+]. The molecule has 0 bridgehead atoms. The quantitative estimate of drug-likeness (QED) is 0.202. The third-order valence-electron chi connectivity index (χ3n) is 1.96. The molecule has 0 aliphatic carbocycles. The number of aromatic amines is 1. The fourth-order valence-corrected chi connectivity index (χ4v) is 1.29. The van der Waals surface area contributed by atoms with Crippen LogP contribution in [0.25, 0.3) is 11.2 Å². The zero-order valence-corrected chi connectivity index (χ0v) is 14.4. The van der Waals surface area contributed by atoms with Gasteiger partial charge in [-0.15, -0.1) is 0 Å². The molecule has 2 heterocycles. The number of nitrogens with two attached hydrogens (primary N) is 1. The molecular formula is C8H13N5NaO7P. The van der Waals surface area contributed by atoms with Crippen LogP contribution in [0.3, 0.4) is 0 Å². The van der Waals surface area contributed by atoms with Gasteiger partial charge in [0.05, 0.1) is 19.5 Å². The Morgan fingerprint density at radius 3 is 2.64 bits per heavy atom. The molecule has 0 aliphatic rings. The van der Waals surface area contributed by atoms with Crippen LogP contribution in [0, 0.1) is 0 Å². The summed E-state index contributed by atoms with van der Waals surface area (Å²) in [5.41, 5.74) is 5.60. The largest absolute Gasteiger partial charge is 1.00 e. The normalized spacial score (nSPS) is 10.7. The van der Waals surface area contributed by atoms with Gasteiger partial charge in [0.15, 0.2) is 11.2 Å². The summed E-state index contributed by atoms with van der Waals surface area (Å²) in [5, 5.41) is 8.56. The predicted octanol–water partition coefficient (Wildman–Crippen LogP) is -5.89. The number of nitrogens with zero attached hydrogens (tertiary/aromatic N) is 3. The maximum absolute atomic E-state index is 11.4. The van der Waals surface area contributed by atoms with Crippen molar-refractivity contribution in [3.05, 3.63) is 16.7 Å². The van der Waals surface area contributed by atoms with E-state index in [9.17, 15) is 4.79 Å². The van der Waals surface area contributed by atoms with Crippen LogP contribution in [0.5, 0.6) is 0 Å². The molecule has 22 heavy (non-hydrogen) atoms. The van der Waals surface area contributed by atoms with E-state index in [1.54, 1.807) is 0 Å². The van der Waals surface area contributed by atoms with Crippen LogP contribution in [0.15, 0.2) is 11.1 Å². The summed E-state index contributed by atoms with van der Waals surface area (Å²) >= 11 is 0. The fourth-order valence-electron chi connectivity index (χ4n) is 1.29. The van der Waals surface area contributed by atoms with Crippen molar-refractivity contribution in [3.63, 3.8) is 0 Å². The number of aliphatic hydroxyl groups excluding tert-OH is 1. The van der Waals surface area contributed by atoms with Gasteiger partial charge in [0.2, 0.25) is 5.95 Å². The summed E-state index contributed by atoms with van der Waals surface area (Å²) in [6.07, 6.45) is 1.43. The molecule has 118 valence electrons. The average Bonchev–Trinajstić information content (AvgIpc) is 2.71. The Labute approximate surface area is 145 Å². The van der Waals surface area contributed by atoms with E-state index in [4.69, 9.17) is 34.8 Å². The Morgan fingerprint density at radius 1 is 1.50 bits per heavy atom. The number of imidazole rings is 1. The van der Waals surface area contributed by atoms with E-state index >= 15 is 0 Å². The molecule has 0 saturated carbocycles. The number of anilines is 1. The molecule has 0 aromatic carbocycles. The summed E-state index contributed by atoms with van der Waals surface area (Å²) in [6, 6.07) is 0. The number of aliphatic hydroxyl groups is 1. The number of rotatable bonds is 4. The summed E-state index contributed by atoms with van der Waals surface area (Å²) in [4.78, 5) is 44.5. The topological polar surface area (TPSA) is 200 Å². The van der Waals surface area contributed by atoms with Gasteiger partial charge in [-0.05, 0) is 0 Å². The van der Waals surface area contributed by atoms with E-state index in [0.717, 1.165) is 0 Å². The van der Waals surface area contributed by atoms with Crippen molar-refractivity contribution in [2.24, 2.45) is 0 Å². The third kappa shape index (κ3) is 7.45. The van der Waals surface area contributed by atoms with E-state index in [1.807, 2.05) is 0 Å². The molecule has 2 aromatic rings. The number of aromatic nitrogens is 4. The number of hydrogen-bond acceptors (Lipinski definition) is 8. The van der Waals surface area contributed by atoms with Crippen LogP contribution in [-0.2, 0) is 16.0 Å². The minimum atomic E-state index is -4.89. The van der Waals surface area contributed by atoms with Gasteiger partial charge in [-0.1, -0.05) is 0 Å². The van der Waals surface area contributed by atoms with Crippen LogP contribution in [0.1, 0.15) is 0 Å². The first-order valence-electron chi connectivity index (χ1n) is 5.38. The number of nitrogens with one attached hydrogen (secondary N) is 1. The Hall–Kier alpha value is -0.820. The maximum Gasteiger partial charge on any atom is 1.00 e. The first-order valence-corrected chi connectivity index (χ1v) is 6.91. The number of hydrogen-bond donors (Lipinski definition) is 5. The zero-order valence-electron chi connectivity index (χ0n) is 11.5. The molecule has 0 fully saturated rings. The van der Waals surface area contributed by atoms with Crippen molar-refractivity contribution in [1.82, 2.24) is 19.5 Å². The van der Waals surface area contributed by atoms with E-state index in [0.29, 0.717) is 5.65 Å². The molecule has 0 aliphatic heterocycles. The summed E-state index contributed by atoms with van der Waals surface area (Å²) < 4.78 is 15.4. The molecular weight excluding hydrogens is 332 g/mol. The second-order valence-corrected chi connectivity index (χ2v) is 4.57. The predicted molar refractivity (Wildman–Crippen MR) is 67.6 cm³/mol. The monoisotopic (exact) mass is 345 g/mol. The van der Waals surface area contributed by atoms with Crippen LogP contribution < -0.4 is 45.7 Å². The van der Waals surface area contributed by atoms with Gasteiger partial charge in [-0.3, -0.25) is 18.9 Å². The Bertz CT molecular complexity index is 689. The van der Waals surface area contributed by atoms with Crippen molar-refractivity contribution in [3.8, 4) is 0 Å². The van der Waals surface area contributed by atoms with Gasteiger partial charge < -0.3 is 30.3 Å². The molecule has 12 nitrogen and oxygen atoms in total. The van der Waals surface area contributed by atoms with Crippen molar-refractivity contribution < 1.29 is 58.6 Å². The smallest absolute Gasteiger partial charge is 0.756 e. The van der Waals surface area contributed by atoms with Crippen LogP contribution in [0.2, 0.25) is 0 Å². The van der Waals surface area contributed by atoms with Gasteiger partial charge in [-0.2, -0.15) is 4.98 Å².